The normalized spacial score (nSPS) is 13.1. The molecule has 1 aliphatic heterocycles. The summed E-state index contributed by atoms with van der Waals surface area (Å²) in [5, 5.41) is 0. The van der Waals surface area contributed by atoms with Crippen molar-refractivity contribution in [2.24, 2.45) is 10.7 Å². The van der Waals surface area contributed by atoms with E-state index in [2.05, 4.69) is 4.99 Å². The SMILES string of the molecule is CC.CCN=C(N)c1ccc2c(c1)OCO2. The molecule has 4 heteroatoms. The van der Waals surface area contributed by atoms with E-state index in [9.17, 15) is 0 Å². The number of hydrogen-bond acceptors (Lipinski definition) is 3. The van der Waals surface area contributed by atoms with Crippen LogP contribution >= 0.6 is 0 Å². The van der Waals surface area contributed by atoms with Gasteiger partial charge in [0.05, 0.1) is 0 Å². The minimum atomic E-state index is 0.281. The average molecular weight is 222 g/mol. The number of ether oxygens (including phenoxy) is 2. The van der Waals surface area contributed by atoms with E-state index in [1.54, 1.807) is 0 Å². The van der Waals surface area contributed by atoms with Gasteiger partial charge in [0.15, 0.2) is 11.5 Å². The minimum Gasteiger partial charge on any atom is -0.454 e. The van der Waals surface area contributed by atoms with Crippen LogP contribution in [0.25, 0.3) is 0 Å². The summed E-state index contributed by atoms with van der Waals surface area (Å²) in [6.45, 7) is 6.91. The first kappa shape index (κ1) is 12.4. The molecule has 88 valence electrons. The van der Waals surface area contributed by atoms with Gasteiger partial charge in [0.25, 0.3) is 0 Å². The molecule has 0 bridgehead atoms. The molecule has 0 atom stereocenters. The van der Waals surface area contributed by atoms with Gasteiger partial charge < -0.3 is 15.2 Å². The van der Waals surface area contributed by atoms with Crippen LogP contribution in [-0.2, 0) is 0 Å². The van der Waals surface area contributed by atoms with Crippen molar-refractivity contribution in [2.45, 2.75) is 20.8 Å². The maximum Gasteiger partial charge on any atom is 0.231 e. The van der Waals surface area contributed by atoms with Crippen molar-refractivity contribution in [3.63, 3.8) is 0 Å². The first-order valence-electron chi connectivity index (χ1n) is 5.51. The van der Waals surface area contributed by atoms with Crippen LogP contribution in [0.2, 0.25) is 0 Å². The second-order valence-corrected chi connectivity index (χ2v) is 2.93. The topological polar surface area (TPSA) is 56.8 Å². The quantitative estimate of drug-likeness (QED) is 0.616. The van der Waals surface area contributed by atoms with Crippen molar-refractivity contribution in [1.29, 1.82) is 0 Å². The Labute approximate surface area is 96.1 Å². The van der Waals surface area contributed by atoms with Gasteiger partial charge in [-0.15, -0.1) is 0 Å². The molecule has 16 heavy (non-hydrogen) atoms. The Bertz CT molecular complexity index is 375. The van der Waals surface area contributed by atoms with Gasteiger partial charge in [0.2, 0.25) is 6.79 Å². The molecular formula is C12H18N2O2. The van der Waals surface area contributed by atoms with Gasteiger partial charge in [-0.2, -0.15) is 0 Å². The number of nitrogens with two attached hydrogens (primary N) is 1. The van der Waals surface area contributed by atoms with Crippen LogP contribution in [-0.4, -0.2) is 19.2 Å². The van der Waals surface area contributed by atoms with E-state index < -0.39 is 0 Å². The Kier molecular flexibility index (Phi) is 4.64. The molecule has 2 N–H and O–H groups in total. The fourth-order valence-electron chi connectivity index (χ4n) is 1.32. The summed E-state index contributed by atoms with van der Waals surface area (Å²) in [7, 11) is 0. The predicted molar refractivity (Wildman–Crippen MR) is 65.2 cm³/mol. The first-order chi connectivity index (χ1) is 7.81. The summed E-state index contributed by atoms with van der Waals surface area (Å²) in [6.07, 6.45) is 0. The zero-order chi connectivity index (χ0) is 12.0. The Hall–Kier alpha value is -1.71. The second-order valence-electron chi connectivity index (χ2n) is 2.93. The summed E-state index contributed by atoms with van der Waals surface area (Å²) in [6, 6.07) is 5.56. The fourth-order valence-corrected chi connectivity index (χ4v) is 1.32. The van der Waals surface area contributed by atoms with E-state index in [4.69, 9.17) is 15.2 Å². The maximum absolute atomic E-state index is 5.75. The molecule has 1 aliphatic rings. The molecule has 0 aliphatic carbocycles. The van der Waals surface area contributed by atoms with Crippen LogP contribution in [0.3, 0.4) is 0 Å². The van der Waals surface area contributed by atoms with Crippen molar-refractivity contribution < 1.29 is 9.47 Å². The summed E-state index contributed by atoms with van der Waals surface area (Å²) < 4.78 is 10.4. The second kappa shape index (κ2) is 6.00. The van der Waals surface area contributed by atoms with E-state index in [1.807, 2.05) is 39.0 Å². The Morgan fingerprint density at radius 1 is 1.31 bits per heavy atom. The standard InChI is InChI=1S/C10H12N2O2.C2H6/c1-2-12-10(11)7-3-4-8-9(5-7)14-6-13-8;1-2/h3-5H,2,6H2,1H3,(H2,11,12);1-2H3. The van der Waals surface area contributed by atoms with Gasteiger partial charge in [0, 0.05) is 12.1 Å². The lowest BCUT2D eigenvalue weighted by Gasteiger charge is -2.01. The minimum absolute atomic E-state index is 0.281. The average Bonchev–Trinajstić information content (AvgIpc) is 2.79. The molecule has 2 rings (SSSR count). The first-order valence-corrected chi connectivity index (χ1v) is 5.51. The Morgan fingerprint density at radius 3 is 2.69 bits per heavy atom. The number of hydrogen-bond donors (Lipinski definition) is 1. The highest BCUT2D eigenvalue weighted by molar-refractivity contribution is 5.98. The van der Waals surface area contributed by atoms with Crippen LogP contribution in [0.4, 0.5) is 0 Å². The van der Waals surface area contributed by atoms with Gasteiger partial charge in [-0.3, -0.25) is 4.99 Å². The Morgan fingerprint density at radius 2 is 2.00 bits per heavy atom. The summed E-state index contributed by atoms with van der Waals surface area (Å²) in [4.78, 5) is 4.12. The zero-order valence-electron chi connectivity index (χ0n) is 9.99. The van der Waals surface area contributed by atoms with Crippen molar-refractivity contribution in [1.82, 2.24) is 0 Å². The third-order valence-corrected chi connectivity index (χ3v) is 2.00. The van der Waals surface area contributed by atoms with Crippen molar-refractivity contribution in [2.75, 3.05) is 13.3 Å². The number of nitrogens with zero attached hydrogens (tertiary/aromatic N) is 1. The van der Waals surface area contributed by atoms with Crippen molar-refractivity contribution in [3.05, 3.63) is 23.8 Å². The van der Waals surface area contributed by atoms with Crippen LogP contribution in [0.5, 0.6) is 11.5 Å². The van der Waals surface area contributed by atoms with E-state index in [-0.39, 0.29) is 6.79 Å². The predicted octanol–water partition coefficient (Wildman–Crippen LogP) is 2.17. The van der Waals surface area contributed by atoms with Crippen LogP contribution in [0.1, 0.15) is 26.3 Å². The van der Waals surface area contributed by atoms with Gasteiger partial charge in [-0.1, -0.05) is 13.8 Å². The third kappa shape index (κ3) is 2.66. The molecular weight excluding hydrogens is 204 g/mol. The molecule has 0 fully saturated rings. The van der Waals surface area contributed by atoms with Gasteiger partial charge in [-0.05, 0) is 25.1 Å². The van der Waals surface area contributed by atoms with Gasteiger partial charge in [-0.25, -0.2) is 0 Å². The van der Waals surface area contributed by atoms with Gasteiger partial charge in [0.1, 0.15) is 5.84 Å². The van der Waals surface area contributed by atoms with E-state index in [0.29, 0.717) is 12.4 Å². The molecule has 1 heterocycles. The van der Waals surface area contributed by atoms with Crippen LogP contribution in [0.15, 0.2) is 23.2 Å². The lowest BCUT2D eigenvalue weighted by Crippen LogP contribution is -2.13. The lowest BCUT2D eigenvalue weighted by atomic mass is 10.2. The largest absolute Gasteiger partial charge is 0.454 e. The highest BCUT2D eigenvalue weighted by atomic mass is 16.7. The van der Waals surface area contributed by atoms with Crippen molar-refractivity contribution >= 4 is 5.84 Å². The highest BCUT2D eigenvalue weighted by Gasteiger charge is 2.13. The monoisotopic (exact) mass is 222 g/mol. The number of benzene rings is 1. The zero-order valence-corrected chi connectivity index (χ0v) is 9.99. The summed E-state index contributed by atoms with van der Waals surface area (Å²) in [5.74, 6) is 2.03. The molecule has 0 spiro atoms. The molecule has 0 aromatic heterocycles. The highest BCUT2D eigenvalue weighted by Crippen LogP contribution is 2.32. The molecule has 0 unspecified atom stereocenters. The summed E-state index contributed by atoms with van der Waals surface area (Å²) >= 11 is 0. The molecule has 0 radical (unpaired) electrons. The van der Waals surface area contributed by atoms with E-state index in [1.165, 1.54) is 0 Å². The third-order valence-electron chi connectivity index (χ3n) is 2.00. The maximum atomic E-state index is 5.75. The fraction of sp³-hybridized carbons (Fsp3) is 0.417. The van der Waals surface area contributed by atoms with E-state index in [0.717, 1.165) is 17.1 Å². The molecule has 0 saturated carbocycles. The van der Waals surface area contributed by atoms with Crippen molar-refractivity contribution in [3.8, 4) is 11.5 Å². The number of fused-ring (bicyclic) bond motifs is 1. The smallest absolute Gasteiger partial charge is 0.231 e. The van der Waals surface area contributed by atoms with Crippen LogP contribution < -0.4 is 15.2 Å². The number of amidine groups is 1. The van der Waals surface area contributed by atoms with Gasteiger partial charge >= 0.3 is 0 Å². The molecule has 4 nitrogen and oxygen atoms in total. The lowest BCUT2D eigenvalue weighted by molar-refractivity contribution is 0.174. The summed E-state index contributed by atoms with van der Waals surface area (Å²) in [5.41, 5.74) is 6.62. The molecule has 1 aromatic carbocycles. The molecule has 1 aromatic rings. The number of aliphatic imine (C=N–C) groups is 1. The number of rotatable bonds is 2. The molecule has 0 saturated heterocycles. The Balaban J connectivity index is 0.000000606. The van der Waals surface area contributed by atoms with E-state index >= 15 is 0 Å². The molecule has 0 amide bonds. The van der Waals surface area contributed by atoms with Crippen LogP contribution in [0, 0.1) is 0 Å².